The van der Waals surface area contributed by atoms with Crippen molar-refractivity contribution in [3.05, 3.63) is 51.7 Å². The number of amides is 1. The van der Waals surface area contributed by atoms with Gasteiger partial charge in [0, 0.05) is 24.5 Å². The fourth-order valence-electron chi connectivity index (χ4n) is 3.25. The number of likely N-dealkylation sites (N-methyl/N-ethyl adjacent to an activating group) is 1. The van der Waals surface area contributed by atoms with E-state index in [2.05, 4.69) is 0 Å². The van der Waals surface area contributed by atoms with E-state index in [1.165, 1.54) is 11.8 Å². The van der Waals surface area contributed by atoms with E-state index in [4.69, 9.17) is 17.0 Å². The maximum atomic E-state index is 13.3. The van der Waals surface area contributed by atoms with Gasteiger partial charge in [-0.25, -0.2) is 4.79 Å². The van der Waals surface area contributed by atoms with Gasteiger partial charge in [0.1, 0.15) is 15.6 Å². The van der Waals surface area contributed by atoms with Gasteiger partial charge in [-0.05, 0) is 52.0 Å². The summed E-state index contributed by atoms with van der Waals surface area (Å²) in [6.07, 6.45) is 0. The fourth-order valence-corrected chi connectivity index (χ4v) is 4.91. The molecule has 0 radical (unpaired) electrons. The number of thioether (sulfide) groups is 1. The minimum Gasteiger partial charge on any atom is -0.462 e. The quantitative estimate of drug-likeness (QED) is 0.412. The summed E-state index contributed by atoms with van der Waals surface area (Å²) >= 11 is 6.90. The lowest BCUT2D eigenvalue weighted by Gasteiger charge is -2.24. The number of nitrogens with zero attached hydrogens (tertiary/aromatic N) is 3. The number of carbonyl (C=O) groups excluding carboxylic acids is 2. The third kappa shape index (κ3) is 3.31. The van der Waals surface area contributed by atoms with Crippen LogP contribution in [0.1, 0.15) is 27.7 Å². The molecule has 0 spiro atoms. The van der Waals surface area contributed by atoms with Crippen molar-refractivity contribution in [1.29, 1.82) is 0 Å². The Kier molecular flexibility index (Phi) is 6.10. The van der Waals surface area contributed by atoms with Crippen LogP contribution in [0.4, 0.5) is 5.69 Å². The Morgan fingerprint density at radius 1 is 1.11 bits per heavy atom. The highest BCUT2D eigenvalue weighted by atomic mass is 32.2. The summed E-state index contributed by atoms with van der Waals surface area (Å²) in [5.41, 5.74) is 2.08. The number of hydrogen-bond donors (Lipinski definition) is 0. The maximum Gasteiger partial charge on any atom is 0.346 e. The molecule has 1 amide bonds. The predicted molar refractivity (Wildman–Crippen MR) is 115 cm³/mol. The first-order valence-electron chi connectivity index (χ1n) is 9.24. The van der Waals surface area contributed by atoms with Crippen LogP contribution in [0.25, 0.3) is 0 Å². The van der Waals surface area contributed by atoms with Gasteiger partial charge in [-0.2, -0.15) is 0 Å². The molecule has 1 aromatic carbocycles. The van der Waals surface area contributed by atoms with Gasteiger partial charge in [-0.15, -0.1) is 0 Å². The minimum absolute atomic E-state index is 0.157. The molecule has 2 heterocycles. The van der Waals surface area contributed by atoms with E-state index in [0.29, 0.717) is 40.4 Å². The highest BCUT2D eigenvalue weighted by Crippen LogP contribution is 2.46. The van der Waals surface area contributed by atoms with Crippen LogP contribution in [-0.4, -0.2) is 46.5 Å². The Bertz CT molecular complexity index is 880. The van der Waals surface area contributed by atoms with Crippen molar-refractivity contribution in [2.24, 2.45) is 0 Å². The number of allylic oxidation sites excluding steroid dienone is 1. The molecule has 6 nitrogen and oxygen atoms in total. The standard InChI is InChI=1S/C20H23N3O3S2/c1-5-21-13(4)16(19(25)26-7-3)28-18(21)15-17(24)22(6-2)20(27)23(15)14-11-9-8-10-12-14/h8-12H,5-7H2,1-4H3/b18-15-. The molecule has 1 fully saturated rings. The van der Waals surface area contributed by atoms with Crippen molar-refractivity contribution in [1.82, 2.24) is 9.80 Å². The van der Waals surface area contributed by atoms with Gasteiger partial charge in [-0.3, -0.25) is 14.6 Å². The maximum absolute atomic E-state index is 13.3. The van der Waals surface area contributed by atoms with E-state index >= 15 is 0 Å². The van der Waals surface area contributed by atoms with Gasteiger partial charge in [0.25, 0.3) is 5.91 Å². The zero-order valence-corrected chi connectivity index (χ0v) is 18.0. The van der Waals surface area contributed by atoms with Crippen LogP contribution in [0.5, 0.6) is 0 Å². The lowest BCUT2D eigenvalue weighted by molar-refractivity contribution is -0.137. The monoisotopic (exact) mass is 417 g/mol. The smallest absolute Gasteiger partial charge is 0.346 e. The highest BCUT2D eigenvalue weighted by molar-refractivity contribution is 8.07. The highest BCUT2D eigenvalue weighted by Gasteiger charge is 2.44. The Morgan fingerprint density at radius 2 is 1.75 bits per heavy atom. The molecule has 0 N–H and O–H groups in total. The number of ether oxygens (including phenoxy) is 1. The number of esters is 1. The topological polar surface area (TPSA) is 53.1 Å². The Hall–Kier alpha value is -2.32. The van der Waals surface area contributed by atoms with Crippen LogP contribution < -0.4 is 4.90 Å². The van der Waals surface area contributed by atoms with Gasteiger partial charge in [-0.1, -0.05) is 30.0 Å². The van der Waals surface area contributed by atoms with E-state index in [0.717, 1.165) is 11.4 Å². The van der Waals surface area contributed by atoms with Crippen LogP contribution in [0.2, 0.25) is 0 Å². The fraction of sp³-hybridized carbons (Fsp3) is 0.350. The van der Waals surface area contributed by atoms with Gasteiger partial charge in [0.2, 0.25) is 0 Å². The number of benzene rings is 1. The molecule has 28 heavy (non-hydrogen) atoms. The predicted octanol–water partition coefficient (Wildman–Crippen LogP) is 3.67. The second-order valence-electron chi connectivity index (χ2n) is 6.14. The molecule has 2 aliphatic heterocycles. The van der Waals surface area contributed by atoms with E-state index in [-0.39, 0.29) is 11.9 Å². The molecule has 2 aliphatic rings. The summed E-state index contributed by atoms with van der Waals surface area (Å²) in [4.78, 5) is 31.5. The minimum atomic E-state index is -0.370. The summed E-state index contributed by atoms with van der Waals surface area (Å²) in [6, 6.07) is 9.57. The van der Waals surface area contributed by atoms with E-state index < -0.39 is 0 Å². The molecule has 0 bridgehead atoms. The number of anilines is 1. The zero-order chi connectivity index (χ0) is 20.4. The van der Waals surface area contributed by atoms with Crippen molar-refractivity contribution in [3.8, 4) is 0 Å². The summed E-state index contributed by atoms with van der Waals surface area (Å²) in [5.74, 6) is -0.527. The molecular weight excluding hydrogens is 394 g/mol. The van der Waals surface area contributed by atoms with E-state index in [9.17, 15) is 9.59 Å². The summed E-state index contributed by atoms with van der Waals surface area (Å²) in [5, 5.41) is 1.15. The first-order chi connectivity index (χ1) is 13.5. The number of rotatable bonds is 5. The van der Waals surface area contributed by atoms with Crippen molar-refractivity contribution in [2.45, 2.75) is 27.7 Å². The van der Waals surface area contributed by atoms with Crippen LogP contribution in [0.3, 0.4) is 0 Å². The van der Waals surface area contributed by atoms with Crippen molar-refractivity contribution < 1.29 is 14.3 Å². The molecule has 0 aromatic heterocycles. The van der Waals surface area contributed by atoms with Crippen LogP contribution in [0.15, 0.2) is 51.7 Å². The van der Waals surface area contributed by atoms with Gasteiger partial charge in [0.15, 0.2) is 5.11 Å². The van der Waals surface area contributed by atoms with E-state index in [1.54, 1.807) is 16.7 Å². The molecule has 3 rings (SSSR count). The molecule has 0 atom stereocenters. The van der Waals surface area contributed by atoms with Crippen molar-refractivity contribution in [3.63, 3.8) is 0 Å². The van der Waals surface area contributed by atoms with Gasteiger partial charge < -0.3 is 9.64 Å². The van der Waals surface area contributed by atoms with Crippen LogP contribution in [0, 0.1) is 0 Å². The number of carbonyl (C=O) groups is 2. The normalized spacial score (nSPS) is 19.9. The van der Waals surface area contributed by atoms with E-state index in [1.807, 2.05) is 56.0 Å². The molecular formula is C20H23N3O3S2. The molecule has 0 saturated carbocycles. The zero-order valence-electron chi connectivity index (χ0n) is 16.4. The largest absolute Gasteiger partial charge is 0.462 e. The van der Waals surface area contributed by atoms with Crippen LogP contribution in [-0.2, 0) is 14.3 Å². The SMILES string of the molecule is CCOC(=O)C1=C(C)N(CC)/C(=C2\C(=O)N(CC)C(=S)N2c2ccccc2)S1. The molecule has 148 valence electrons. The third-order valence-corrected chi connectivity index (χ3v) is 6.26. The first-order valence-corrected chi connectivity index (χ1v) is 10.5. The average molecular weight is 418 g/mol. The molecule has 1 aromatic rings. The summed E-state index contributed by atoms with van der Waals surface area (Å²) in [7, 11) is 0. The molecule has 8 heteroatoms. The van der Waals surface area contributed by atoms with Crippen molar-refractivity contribution >= 4 is 46.7 Å². The summed E-state index contributed by atoms with van der Waals surface area (Å²) in [6.45, 7) is 8.94. The van der Waals surface area contributed by atoms with Gasteiger partial charge >= 0.3 is 5.97 Å². The molecule has 1 saturated heterocycles. The Labute approximate surface area is 174 Å². The van der Waals surface area contributed by atoms with Crippen LogP contribution >= 0.6 is 24.0 Å². The Balaban J connectivity index is 2.14. The Morgan fingerprint density at radius 3 is 2.32 bits per heavy atom. The second kappa shape index (κ2) is 8.36. The number of para-hydroxylation sites is 1. The molecule has 0 unspecified atom stereocenters. The summed E-state index contributed by atoms with van der Waals surface area (Å²) < 4.78 is 5.20. The van der Waals surface area contributed by atoms with Gasteiger partial charge in [0.05, 0.1) is 6.61 Å². The lowest BCUT2D eigenvalue weighted by atomic mass is 10.2. The molecule has 0 aliphatic carbocycles. The lowest BCUT2D eigenvalue weighted by Crippen LogP contribution is -2.32. The first kappa shape index (κ1) is 20.4. The number of thiocarbonyl (C=S) groups is 1. The third-order valence-electron chi connectivity index (χ3n) is 4.58. The second-order valence-corrected chi connectivity index (χ2v) is 7.50. The van der Waals surface area contributed by atoms with Crippen molar-refractivity contribution in [2.75, 3.05) is 24.6 Å². The number of hydrogen-bond acceptors (Lipinski definition) is 6. The average Bonchev–Trinajstić information content (AvgIpc) is 3.15.